The molecule has 1 aromatic heterocycles. The molecule has 1 aromatic carbocycles. The van der Waals surface area contributed by atoms with Gasteiger partial charge >= 0.3 is 0 Å². The average Bonchev–Trinajstić information content (AvgIpc) is 3.15. The van der Waals surface area contributed by atoms with Crippen molar-refractivity contribution >= 4 is 29.9 Å². The molecule has 29 heavy (non-hydrogen) atoms. The summed E-state index contributed by atoms with van der Waals surface area (Å²) in [4.78, 5) is 8.96. The van der Waals surface area contributed by atoms with Crippen LogP contribution in [0.2, 0.25) is 0 Å². The number of nitrogens with zero attached hydrogens (tertiary/aromatic N) is 2. The lowest BCUT2D eigenvalue weighted by atomic mass is 9.94. The van der Waals surface area contributed by atoms with E-state index in [4.69, 9.17) is 13.9 Å². The molecule has 0 radical (unpaired) electrons. The topological polar surface area (TPSA) is 80.9 Å². The number of benzene rings is 1. The van der Waals surface area contributed by atoms with Crippen molar-refractivity contribution in [3.8, 4) is 5.75 Å². The van der Waals surface area contributed by atoms with Gasteiger partial charge in [-0.2, -0.15) is 0 Å². The van der Waals surface area contributed by atoms with Crippen molar-refractivity contribution in [1.29, 1.82) is 0 Å². The molecule has 0 aliphatic carbocycles. The Bertz CT molecular complexity index is 739. The maximum absolute atomic E-state index is 5.81. The van der Waals surface area contributed by atoms with Gasteiger partial charge in [-0.25, -0.2) is 9.98 Å². The Balaban J connectivity index is 0.00000420. The molecule has 0 aliphatic heterocycles. The van der Waals surface area contributed by atoms with Gasteiger partial charge in [-0.3, -0.25) is 0 Å². The number of aliphatic imine (C=N–C) groups is 1. The third-order valence-corrected chi connectivity index (χ3v) is 3.94. The highest BCUT2D eigenvalue weighted by molar-refractivity contribution is 14.0. The Morgan fingerprint density at radius 1 is 1.14 bits per heavy atom. The fraction of sp³-hybridized carbons (Fsp3) is 0.524. The highest BCUT2D eigenvalue weighted by Gasteiger charge is 2.19. The molecule has 0 spiro atoms. The number of ether oxygens (including phenoxy) is 2. The van der Waals surface area contributed by atoms with Crippen LogP contribution in [-0.4, -0.2) is 37.8 Å². The van der Waals surface area contributed by atoms with Gasteiger partial charge in [-0.15, -0.1) is 24.0 Å². The zero-order chi connectivity index (χ0) is 20.4. The molecule has 2 N–H and O–H groups in total. The Hall–Kier alpha value is -1.81. The monoisotopic (exact) mass is 516 g/mol. The van der Waals surface area contributed by atoms with Crippen LogP contribution in [0.15, 0.2) is 39.9 Å². The van der Waals surface area contributed by atoms with Gasteiger partial charge in [0.1, 0.15) is 18.1 Å². The van der Waals surface area contributed by atoms with E-state index in [9.17, 15) is 0 Å². The van der Waals surface area contributed by atoms with Crippen molar-refractivity contribution in [2.75, 3.05) is 26.9 Å². The first-order valence-corrected chi connectivity index (χ1v) is 9.60. The molecule has 2 aromatic rings. The van der Waals surface area contributed by atoms with Crippen molar-refractivity contribution < 1.29 is 13.9 Å². The fourth-order valence-corrected chi connectivity index (χ4v) is 2.34. The van der Waals surface area contributed by atoms with Crippen LogP contribution in [0.4, 0.5) is 0 Å². The number of hydrogen-bond acceptors (Lipinski definition) is 5. The van der Waals surface area contributed by atoms with Crippen molar-refractivity contribution in [2.45, 2.75) is 46.2 Å². The second-order valence-electron chi connectivity index (χ2n) is 7.40. The number of oxazole rings is 1. The number of nitrogens with one attached hydrogen (secondary N) is 2. The largest absolute Gasteiger partial charge is 0.491 e. The maximum Gasteiger partial charge on any atom is 0.213 e. The zero-order valence-corrected chi connectivity index (χ0v) is 20.3. The second kappa shape index (κ2) is 12.7. The van der Waals surface area contributed by atoms with Crippen LogP contribution in [0, 0.1) is 0 Å². The predicted molar refractivity (Wildman–Crippen MR) is 126 cm³/mol. The highest BCUT2D eigenvalue weighted by Crippen LogP contribution is 2.22. The Morgan fingerprint density at radius 2 is 1.86 bits per heavy atom. The lowest BCUT2D eigenvalue weighted by Gasteiger charge is -2.13. The number of hydrogen-bond donors (Lipinski definition) is 2. The van der Waals surface area contributed by atoms with Crippen LogP contribution >= 0.6 is 24.0 Å². The molecule has 0 fully saturated rings. The van der Waals surface area contributed by atoms with E-state index in [1.807, 2.05) is 31.2 Å². The van der Waals surface area contributed by atoms with E-state index >= 15 is 0 Å². The Morgan fingerprint density at radius 3 is 2.45 bits per heavy atom. The van der Waals surface area contributed by atoms with E-state index in [1.54, 1.807) is 13.3 Å². The van der Waals surface area contributed by atoms with Gasteiger partial charge in [0.15, 0.2) is 5.96 Å². The fourth-order valence-electron chi connectivity index (χ4n) is 2.34. The molecule has 0 bridgehead atoms. The highest BCUT2D eigenvalue weighted by atomic mass is 127. The standard InChI is InChI=1S/C21H32N4O3.HI/c1-6-22-20(25-15-19-23-14-18(28-19)21(2,3)4)24-13-16-7-9-17(10-8-16)27-12-11-26-5;/h7-10,14H,6,11-13,15H2,1-5H3,(H2,22,24,25);1H. The number of rotatable bonds is 9. The minimum Gasteiger partial charge on any atom is -0.491 e. The smallest absolute Gasteiger partial charge is 0.213 e. The minimum atomic E-state index is -0.0523. The van der Waals surface area contributed by atoms with E-state index in [-0.39, 0.29) is 29.4 Å². The zero-order valence-electron chi connectivity index (χ0n) is 17.9. The van der Waals surface area contributed by atoms with E-state index in [2.05, 4.69) is 41.4 Å². The third-order valence-electron chi connectivity index (χ3n) is 3.94. The van der Waals surface area contributed by atoms with E-state index in [1.165, 1.54) is 0 Å². The summed E-state index contributed by atoms with van der Waals surface area (Å²) in [7, 11) is 1.66. The van der Waals surface area contributed by atoms with Crippen LogP contribution in [0.1, 0.15) is 44.9 Å². The quantitative estimate of drug-likeness (QED) is 0.228. The average molecular weight is 516 g/mol. The summed E-state index contributed by atoms with van der Waals surface area (Å²) < 4.78 is 16.4. The van der Waals surface area contributed by atoms with E-state index in [0.29, 0.717) is 32.2 Å². The summed E-state index contributed by atoms with van der Waals surface area (Å²) in [6.07, 6.45) is 1.79. The van der Waals surface area contributed by atoms with Gasteiger partial charge in [-0.1, -0.05) is 32.9 Å². The van der Waals surface area contributed by atoms with Crippen LogP contribution in [0.5, 0.6) is 5.75 Å². The summed E-state index contributed by atoms with van der Waals surface area (Å²) >= 11 is 0. The molecule has 2 rings (SSSR count). The number of aromatic nitrogens is 1. The predicted octanol–water partition coefficient (Wildman–Crippen LogP) is 3.87. The Kier molecular flexibility index (Phi) is 11.0. The number of halogens is 1. The molecular weight excluding hydrogens is 483 g/mol. The summed E-state index contributed by atoms with van der Waals surface area (Å²) in [6.45, 7) is 11.3. The SMILES string of the molecule is CCNC(=NCc1ccc(OCCOC)cc1)NCc1ncc(C(C)(C)C)o1.I. The van der Waals surface area contributed by atoms with Crippen molar-refractivity contribution in [2.24, 2.45) is 4.99 Å². The first-order chi connectivity index (χ1) is 13.4. The van der Waals surface area contributed by atoms with Gasteiger partial charge in [0.25, 0.3) is 0 Å². The summed E-state index contributed by atoms with van der Waals surface area (Å²) in [5.74, 6) is 3.07. The Labute approximate surface area is 190 Å². The summed E-state index contributed by atoms with van der Waals surface area (Å²) in [5.41, 5.74) is 1.05. The van der Waals surface area contributed by atoms with Gasteiger partial charge < -0.3 is 24.5 Å². The lowest BCUT2D eigenvalue weighted by molar-refractivity contribution is 0.146. The van der Waals surface area contributed by atoms with Gasteiger partial charge in [-0.05, 0) is 24.6 Å². The van der Waals surface area contributed by atoms with Gasteiger partial charge in [0.05, 0.1) is 25.9 Å². The van der Waals surface area contributed by atoms with Crippen molar-refractivity contribution in [1.82, 2.24) is 15.6 Å². The first-order valence-electron chi connectivity index (χ1n) is 9.60. The second-order valence-corrected chi connectivity index (χ2v) is 7.40. The molecule has 0 amide bonds. The molecule has 0 atom stereocenters. The number of guanidine groups is 1. The molecule has 8 heteroatoms. The first kappa shape index (κ1) is 25.2. The van der Waals surface area contributed by atoms with E-state index in [0.717, 1.165) is 29.6 Å². The molecule has 0 saturated carbocycles. The van der Waals surface area contributed by atoms with Gasteiger partial charge in [0.2, 0.25) is 5.89 Å². The molecule has 7 nitrogen and oxygen atoms in total. The van der Waals surface area contributed by atoms with Crippen LogP contribution in [-0.2, 0) is 23.2 Å². The van der Waals surface area contributed by atoms with Crippen LogP contribution in [0.3, 0.4) is 0 Å². The molecule has 0 aliphatic rings. The molecule has 1 heterocycles. The minimum absolute atomic E-state index is 0. The maximum atomic E-state index is 5.81. The molecular formula is C21H33IN4O3. The van der Waals surface area contributed by atoms with Crippen LogP contribution < -0.4 is 15.4 Å². The van der Waals surface area contributed by atoms with Gasteiger partial charge in [0, 0.05) is 19.1 Å². The molecule has 162 valence electrons. The van der Waals surface area contributed by atoms with Crippen molar-refractivity contribution in [3.63, 3.8) is 0 Å². The lowest BCUT2D eigenvalue weighted by Crippen LogP contribution is -2.36. The third kappa shape index (κ3) is 9.03. The number of methoxy groups -OCH3 is 1. The molecule has 0 saturated heterocycles. The summed E-state index contributed by atoms with van der Waals surface area (Å²) in [6, 6.07) is 7.92. The van der Waals surface area contributed by atoms with E-state index < -0.39 is 0 Å². The van der Waals surface area contributed by atoms with Crippen molar-refractivity contribution in [3.05, 3.63) is 47.7 Å². The normalized spacial score (nSPS) is 11.7. The van der Waals surface area contributed by atoms with Crippen LogP contribution in [0.25, 0.3) is 0 Å². The summed E-state index contributed by atoms with van der Waals surface area (Å²) in [5, 5.41) is 6.50. The molecule has 0 unspecified atom stereocenters.